The van der Waals surface area contributed by atoms with Crippen LogP contribution in [0, 0.1) is 0 Å². The first-order chi connectivity index (χ1) is 1.73. The summed E-state index contributed by atoms with van der Waals surface area (Å²) >= 11 is 7.65. The van der Waals surface area contributed by atoms with Crippen molar-refractivity contribution in [3.63, 3.8) is 0 Å². The van der Waals surface area contributed by atoms with Crippen molar-refractivity contribution in [2.24, 2.45) is 5.73 Å². The van der Waals surface area contributed by atoms with Gasteiger partial charge in [-0.3, -0.25) is 0 Å². The number of nitrogens with two attached hydrogens (primary N) is 1. The smallest absolute Gasteiger partial charge is 0.128 e. The standard InChI is InChI=1S/CH3NS2.Bi/c2-1(3)4;/h(H3,2,3,4);. The van der Waals surface area contributed by atoms with Crippen LogP contribution in [0.4, 0.5) is 0 Å². The number of hydrogen-bond acceptors (Lipinski definition) is 1. The molecule has 3 radical (unpaired) electrons. The number of thiocarbonyl (C=S) groups is 1. The van der Waals surface area contributed by atoms with Crippen LogP contribution in [0.25, 0.3) is 0 Å². The molecule has 0 atom stereocenters. The molecule has 0 aliphatic heterocycles. The number of rotatable bonds is 0. The molecule has 0 fully saturated rings. The van der Waals surface area contributed by atoms with E-state index in [2.05, 4.69) is 24.8 Å². The molecule has 0 heterocycles. The SMILES string of the molecule is NC(=S)S.[Bi]. The second kappa shape index (κ2) is 5.12. The van der Waals surface area contributed by atoms with Crippen LogP contribution in [0.1, 0.15) is 0 Å². The normalized spacial score (nSPS) is 5.00. The van der Waals surface area contributed by atoms with E-state index in [1.165, 1.54) is 0 Å². The monoisotopic (exact) mass is 302 g/mol. The van der Waals surface area contributed by atoms with Crippen LogP contribution in [-0.2, 0) is 0 Å². The van der Waals surface area contributed by atoms with E-state index < -0.39 is 0 Å². The van der Waals surface area contributed by atoms with E-state index in [0.29, 0.717) is 0 Å². The zero-order valence-corrected chi connectivity index (χ0v) is 7.57. The Kier molecular flexibility index (Phi) is 9.69. The molecule has 0 unspecified atom stereocenters. The number of thiol groups is 1. The third-order valence-electron chi connectivity index (χ3n) is 0. The molecule has 29 valence electrons. The minimum atomic E-state index is 0. The van der Waals surface area contributed by atoms with Gasteiger partial charge in [-0.2, -0.15) is 0 Å². The maximum absolute atomic E-state index is 4.71. The fourth-order valence-corrected chi connectivity index (χ4v) is 0. The predicted molar refractivity (Wildman–Crippen MR) is 31.5 cm³/mol. The van der Waals surface area contributed by atoms with E-state index in [-0.39, 0.29) is 30.5 Å². The van der Waals surface area contributed by atoms with Crippen molar-refractivity contribution in [2.45, 2.75) is 0 Å². The van der Waals surface area contributed by atoms with Crippen LogP contribution >= 0.6 is 24.8 Å². The Hall–Kier alpha value is 1.12. The van der Waals surface area contributed by atoms with E-state index in [4.69, 9.17) is 5.73 Å². The fourth-order valence-electron chi connectivity index (χ4n) is 0. The molecule has 0 amide bonds. The summed E-state index contributed by atoms with van der Waals surface area (Å²) in [7, 11) is 0. The van der Waals surface area contributed by atoms with Gasteiger partial charge in [-0.25, -0.2) is 0 Å². The number of hydrogen-bond donors (Lipinski definition) is 2. The molecule has 1 nitrogen and oxygen atoms in total. The van der Waals surface area contributed by atoms with Crippen LogP contribution in [0.3, 0.4) is 0 Å². The molecular formula is CH3BiNS2. The van der Waals surface area contributed by atoms with Crippen molar-refractivity contribution in [1.29, 1.82) is 0 Å². The van der Waals surface area contributed by atoms with Crippen molar-refractivity contribution in [3.8, 4) is 0 Å². The molecule has 0 aliphatic rings. The predicted octanol–water partition coefficient (Wildman–Crippen LogP) is -0.221. The van der Waals surface area contributed by atoms with E-state index in [0.717, 1.165) is 0 Å². The zero-order valence-electron chi connectivity index (χ0n) is 2.38. The molecule has 0 bridgehead atoms. The minimum Gasteiger partial charge on any atom is -0.385 e. The molecule has 0 saturated heterocycles. The maximum atomic E-state index is 4.71. The Bertz CT molecular complexity index is 32.6. The Balaban J connectivity index is 0. The fraction of sp³-hybridized carbons (Fsp3) is 0. The summed E-state index contributed by atoms with van der Waals surface area (Å²) in [6, 6.07) is 0. The van der Waals surface area contributed by atoms with Crippen molar-refractivity contribution in [3.05, 3.63) is 0 Å². The van der Waals surface area contributed by atoms with E-state index in [1.54, 1.807) is 0 Å². The average molecular weight is 302 g/mol. The molecule has 4 heteroatoms. The summed E-state index contributed by atoms with van der Waals surface area (Å²) in [4.78, 5) is 0. The first-order valence-corrected chi connectivity index (χ1v) is 1.57. The van der Waals surface area contributed by atoms with Gasteiger partial charge in [0, 0.05) is 26.2 Å². The summed E-state index contributed by atoms with van der Waals surface area (Å²) in [5.74, 6) is 0. The van der Waals surface area contributed by atoms with Gasteiger partial charge in [0.1, 0.15) is 4.32 Å². The van der Waals surface area contributed by atoms with Crippen molar-refractivity contribution >= 4 is 55.4 Å². The summed E-state index contributed by atoms with van der Waals surface area (Å²) in [5, 5.41) is 0. The van der Waals surface area contributed by atoms with E-state index in [1.807, 2.05) is 0 Å². The van der Waals surface area contributed by atoms with Gasteiger partial charge in [0.05, 0.1) is 0 Å². The van der Waals surface area contributed by atoms with Crippen molar-refractivity contribution < 1.29 is 0 Å². The van der Waals surface area contributed by atoms with Gasteiger partial charge >= 0.3 is 0 Å². The van der Waals surface area contributed by atoms with Crippen LogP contribution in [0.5, 0.6) is 0 Å². The van der Waals surface area contributed by atoms with Crippen LogP contribution in [0.2, 0.25) is 0 Å². The van der Waals surface area contributed by atoms with Gasteiger partial charge in [-0.1, -0.05) is 12.2 Å². The van der Waals surface area contributed by atoms with E-state index >= 15 is 0 Å². The van der Waals surface area contributed by atoms with Gasteiger partial charge < -0.3 is 5.73 Å². The largest absolute Gasteiger partial charge is 0.385 e. The topological polar surface area (TPSA) is 26.0 Å². The maximum Gasteiger partial charge on any atom is 0.128 e. The Morgan fingerprint density at radius 3 is 1.80 bits per heavy atom. The molecule has 2 N–H and O–H groups in total. The van der Waals surface area contributed by atoms with Crippen LogP contribution in [-0.4, -0.2) is 30.5 Å². The van der Waals surface area contributed by atoms with E-state index in [9.17, 15) is 0 Å². The molecule has 0 aromatic heterocycles. The summed E-state index contributed by atoms with van der Waals surface area (Å²) in [6.07, 6.45) is 0. The molecule has 0 aliphatic carbocycles. The quantitative estimate of drug-likeness (QED) is 0.368. The van der Waals surface area contributed by atoms with Crippen LogP contribution < -0.4 is 5.73 Å². The Morgan fingerprint density at radius 2 is 1.80 bits per heavy atom. The zero-order chi connectivity index (χ0) is 3.58. The molecular weight excluding hydrogens is 299 g/mol. The molecule has 0 spiro atoms. The molecule has 0 saturated carbocycles. The molecule has 0 aromatic rings. The van der Waals surface area contributed by atoms with Gasteiger partial charge in [0.2, 0.25) is 0 Å². The minimum absolute atomic E-state index is 0. The summed E-state index contributed by atoms with van der Waals surface area (Å²) in [5.41, 5.74) is 4.71. The van der Waals surface area contributed by atoms with Crippen LogP contribution in [0.15, 0.2) is 0 Å². The third kappa shape index (κ3) is 39.6. The second-order valence-corrected chi connectivity index (χ2v) is 1.56. The third-order valence-corrected chi connectivity index (χ3v) is 0. The van der Waals surface area contributed by atoms with Gasteiger partial charge in [-0.05, 0) is 0 Å². The van der Waals surface area contributed by atoms with Gasteiger partial charge in [0.15, 0.2) is 0 Å². The van der Waals surface area contributed by atoms with Crippen molar-refractivity contribution in [1.82, 2.24) is 0 Å². The Labute approximate surface area is 60.8 Å². The van der Waals surface area contributed by atoms with Gasteiger partial charge in [-0.15, -0.1) is 12.6 Å². The second-order valence-electron chi connectivity index (χ2n) is 0.338. The van der Waals surface area contributed by atoms with Gasteiger partial charge in [0.25, 0.3) is 0 Å². The molecule has 5 heavy (non-hydrogen) atoms. The summed E-state index contributed by atoms with van der Waals surface area (Å²) < 4.78 is 0.194. The average Bonchev–Trinajstić information content (AvgIpc) is 0.811. The first-order valence-electron chi connectivity index (χ1n) is 0.716. The molecule has 0 aromatic carbocycles. The first kappa shape index (κ1) is 9.45. The van der Waals surface area contributed by atoms with Crippen molar-refractivity contribution in [2.75, 3.05) is 0 Å². The Morgan fingerprint density at radius 1 is 1.80 bits per heavy atom. The summed E-state index contributed by atoms with van der Waals surface area (Å²) in [6.45, 7) is 0. The molecule has 0 rings (SSSR count).